The molecule has 19 aromatic carbocycles. The van der Waals surface area contributed by atoms with Crippen molar-refractivity contribution >= 4 is 118 Å². The Morgan fingerprint density at radius 2 is 0.435 bits per heavy atom. The molecule has 0 bridgehead atoms. The molecule has 0 N–H and O–H groups in total. The third kappa shape index (κ3) is 7.53. The highest BCUT2D eigenvalue weighted by Crippen LogP contribution is 2.53. The van der Waals surface area contributed by atoms with E-state index in [-0.39, 0.29) is 0 Å². The van der Waals surface area contributed by atoms with E-state index in [2.05, 4.69) is 328 Å². The van der Waals surface area contributed by atoms with E-state index >= 15 is 0 Å². The van der Waals surface area contributed by atoms with Crippen LogP contribution in [0.5, 0.6) is 0 Å². The van der Waals surface area contributed by atoms with Crippen molar-refractivity contribution in [3.63, 3.8) is 0 Å². The van der Waals surface area contributed by atoms with Crippen molar-refractivity contribution in [3.05, 3.63) is 328 Å². The monoisotopic (exact) mass is 1160 g/mol. The minimum Gasteiger partial charge on any atom is -0.0616 e. The average Bonchev–Trinajstić information content (AvgIpc) is 1.51. The van der Waals surface area contributed by atoms with Crippen LogP contribution in [0.3, 0.4) is 0 Å². The van der Waals surface area contributed by atoms with Gasteiger partial charge in [-0.15, -0.1) is 0 Å². The zero-order valence-corrected chi connectivity index (χ0v) is 50.2. The summed E-state index contributed by atoms with van der Waals surface area (Å²) in [6, 6.07) is 122. The van der Waals surface area contributed by atoms with Gasteiger partial charge in [-0.25, -0.2) is 0 Å². The molecule has 0 unspecified atom stereocenters. The van der Waals surface area contributed by atoms with Crippen LogP contribution in [0.15, 0.2) is 328 Å². The number of fused-ring (bicyclic) bond motifs is 22. The van der Waals surface area contributed by atoms with Gasteiger partial charge in [-0.1, -0.05) is 279 Å². The number of rotatable bonds is 4. The van der Waals surface area contributed by atoms with E-state index in [1.165, 1.54) is 208 Å². The van der Waals surface area contributed by atoms with E-state index < -0.39 is 0 Å². The van der Waals surface area contributed by atoms with Crippen LogP contribution in [0.4, 0.5) is 0 Å². The Morgan fingerprint density at radius 1 is 0.109 bits per heavy atom. The summed E-state index contributed by atoms with van der Waals surface area (Å²) < 4.78 is 0. The minimum absolute atomic E-state index is 1.24. The predicted octanol–water partition coefficient (Wildman–Crippen LogP) is 26.0. The quantitative estimate of drug-likeness (QED) is 0.154. The van der Waals surface area contributed by atoms with E-state index in [1.54, 1.807) is 0 Å². The van der Waals surface area contributed by atoms with E-state index in [0.717, 1.165) is 0 Å². The highest BCUT2D eigenvalue weighted by Gasteiger charge is 2.25. The summed E-state index contributed by atoms with van der Waals surface area (Å²) >= 11 is 0. The maximum atomic E-state index is 2.44. The van der Waals surface area contributed by atoms with Crippen molar-refractivity contribution in [2.24, 2.45) is 0 Å². The first-order valence-corrected chi connectivity index (χ1v) is 32.1. The summed E-state index contributed by atoms with van der Waals surface area (Å²) in [4.78, 5) is 0. The molecule has 0 aliphatic heterocycles. The average molecular weight is 1160 g/mol. The highest BCUT2D eigenvalue weighted by atomic mass is 14.3. The Bertz CT molecular complexity index is 6410. The predicted molar refractivity (Wildman–Crippen MR) is 396 cm³/mol. The molecule has 0 heteroatoms. The van der Waals surface area contributed by atoms with Gasteiger partial charge in [0.2, 0.25) is 0 Å². The molecule has 0 amide bonds. The Kier molecular flexibility index (Phi) is 11.0. The lowest BCUT2D eigenvalue weighted by Gasteiger charge is -2.16. The molecule has 0 fully saturated rings. The summed E-state index contributed by atoms with van der Waals surface area (Å²) in [6.45, 7) is 0. The van der Waals surface area contributed by atoms with Crippen LogP contribution in [-0.4, -0.2) is 0 Å². The largest absolute Gasteiger partial charge is 0.0616 e. The first-order chi connectivity index (χ1) is 45.6. The Balaban J connectivity index is 0.000000132. The lowest BCUT2D eigenvalue weighted by atomic mass is 9.87. The van der Waals surface area contributed by atoms with Gasteiger partial charge >= 0.3 is 0 Å². The summed E-state index contributed by atoms with van der Waals surface area (Å²) in [7, 11) is 0. The lowest BCUT2D eigenvalue weighted by Crippen LogP contribution is -1.89. The molecule has 0 radical (unpaired) electrons. The smallest absolute Gasteiger partial charge is 0.00197 e. The van der Waals surface area contributed by atoms with Crippen LogP contribution >= 0.6 is 0 Å². The molecule has 0 aromatic heterocycles. The molecule has 422 valence electrons. The summed E-state index contributed by atoms with van der Waals surface area (Å²) in [5.41, 5.74) is 20.8. The molecule has 0 spiro atoms. The normalized spacial score (nSPS) is 12.1. The van der Waals surface area contributed by atoms with Crippen LogP contribution in [0.25, 0.3) is 208 Å². The van der Waals surface area contributed by atoms with Gasteiger partial charge in [-0.3, -0.25) is 0 Å². The first-order valence-electron chi connectivity index (χ1n) is 32.1. The molecule has 0 heterocycles. The third-order valence-corrected chi connectivity index (χ3v) is 20.5. The SMILES string of the molecule is c1cc(-c2ccc3c(c2)cc2c4c(cccc43)-c3ccccc3-2)cc(-c2cc3ccccc3c3ccccc23)c1.c1ccc2c(c1)-c1cccc3c1c-2cc1cccc(-c2ccc4c5ccc(-c6cc7ccccc7c7ccccc67)cc5c5ccccc5c4c2)c13. The van der Waals surface area contributed by atoms with Gasteiger partial charge in [0.25, 0.3) is 0 Å². The summed E-state index contributed by atoms with van der Waals surface area (Å²) in [5.74, 6) is 0. The molecule has 21 rings (SSSR count). The van der Waals surface area contributed by atoms with Crippen molar-refractivity contribution in [1.29, 1.82) is 0 Å². The standard InChI is InChI=1S/C52H30.C40H24/c1-2-13-35-31(11-1)27-47(39-16-5-3-14-37(35)39)33-24-26-44-43-25-23-32(28-48(43)40-17-6-7-18-41(40)49(44)29-33)36-20-9-12-34-30-50-42-19-8-4-15-38(42)45-21-10-22-46(51(34)36)52(45)50;1-2-12-30-28(9-1)23-38(34-15-5-3-13-32(30)34)27-11-7-10-25(21-27)26-19-20-31-29(22-26)24-39-35-16-6-4-14-33(35)37-18-8-17-36(31)40(37)39/h1-30H;1-24H. The highest BCUT2D eigenvalue weighted by molar-refractivity contribution is 6.30. The van der Waals surface area contributed by atoms with Gasteiger partial charge < -0.3 is 0 Å². The molecule has 0 saturated heterocycles. The Morgan fingerprint density at radius 3 is 1.02 bits per heavy atom. The molecule has 19 aromatic rings. The zero-order valence-electron chi connectivity index (χ0n) is 50.2. The van der Waals surface area contributed by atoms with Gasteiger partial charge in [0.1, 0.15) is 0 Å². The molecule has 0 nitrogen and oxygen atoms in total. The van der Waals surface area contributed by atoms with Crippen LogP contribution in [0.1, 0.15) is 0 Å². The van der Waals surface area contributed by atoms with E-state index in [1.807, 2.05) is 0 Å². The number of hydrogen-bond donors (Lipinski definition) is 0. The number of benzene rings is 19. The van der Waals surface area contributed by atoms with Gasteiger partial charge in [-0.05, 0) is 256 Å². The van der Waals surface area contributed by atoms with Gasteiger partial charge in [-0.2, -0.15) is 0 Å². The van der Waals surface area contributed by atoms with Crippen LogP contribution < -0.4 is 0 Å². The topological polar surface area (TPSA) is 0 Å². The van der Waals surface area contributed by atoms with Crippen LogP contribution in [0.2, 0.25) is 0 Å². The number of hydrogen-bond acceptors (Lipinski definition) is 0. The summed E-state index contributed by atoms with van der Waals surface area (Å²) in [6.07, 6.45) is 0. The van der Waals surface area contributed by atoms with Crippen molar-refractivity contribution in [1.82, 2.24) is 0 Å². The molecule has 0 saturated carbocycles. The van der Waals surface area contributed by atoms with Crippen molar-refractivity contribution in [2.45, 2.75) is 0 Å². The van der Waals surface area contributed by atoms with Crippen molar-refractivity contribution in [2.75, 3.05) is 0 Å². The Hall–Kier alpha value is -12.0. The zero-order chi connectivity index (χ0) is 60.1. The fourth-order valence-electron chi connectivity index (χ4n) is 16.4. The van der Waals surface area contributed by atoms with Crippen LogP contribution in [0, 0.1) is 0 Å². The lowest BCUT2D eigenvalue weighted by molar-refractivity contribution is 1.63. The second kappa shape index (κ2) is 19.8. The molecule has 2 aliphatic rings. The fraction of sp³-hybridized carbons (Fsp3) is 0. The third-order valence-electron chi connectivity index (χ3n) is 20.5. The second-order valence-electron chi connectivity index (χ2n) is 25.3. The van der Waals surface area contributed by atoms with E-state index in [0.29, 0.717) is 0 Å². The molecular formula is C92H54. The van der Waals surface area contributed by atoms with Crippen LogP contribution in [-0.2, 0) is 0 Å². The van der Waals surface area contributed by atoms with Crippen molar-refractivity contribution in [3.8, 4) is 89.0 Å². The summed E-state index contributed by atoms with van der Waals surface area (Å²) in [5, 5.41) is 28.7. The van der Waals surface area contributed by atoms with E-state index in [9.17, 15) is 0 Å². The minimum atomic E-state index is 1.24. The van der Waals surface area contributed by atoms with E-state index in [4.69, 9.17) is 0 Å². The Labute approximate surface area is 531 Å². The second-order valence-corrected chi connectivity index (χ2v) is 25.3. The van der Waals surface area contributed by atoms with Gasteiger partial charge in [0.05, 0.1) is 0 Å². The molecule has 92 heavy (non-hydrogen) atoms. The molecular weight excluding hydrogens is 1110 g/mol. The maximum absolute atomic E-state index is 2.44. The van der Waals surface area contributed by atoms with Crippen molar-refractivity contribution < 1.29 is 0 Å². The molecule has 0 atom stereocenters. The van der Waals surface area contributed by atoms with Gasteiger partial charge in [0.15, 0.2) is 0 Å². The first kappa shape index (κ1) is 51.0. The maximum Gasteiger partial charge on any atom is -0.00197 e. The fourth-order valence-corrected chi connectivity index (χ4v) is 16.4. The molecule has 2 aliphatic carbocycles. The van der Waals surface area contributed by atoms with Gasteiger partial charge in [0, 0.05) is 0 Å².